The van der Waals surface area contributed by atoms with Crippen LogP contribution in [0.3, 0.4) is 0 Å². The Labute approximate surface area is 115 Å². The summed E-state index contributed by atoms with van der Waals surface area (Å²) in [6.45, 7) is 6.17. The highest BCUT2D eigenvalue weighted by Crippen LogP contribution is 2.10. The Kier molecular flexibility index (Phi) is 5.00. The maximum absolute atomic E-state index is 11.8. The van der Waals surface area contributed by atoms with Gasteiger partial charge in [0.15, 0.2) is 0 Å². The fraction of sp³-hybridized carbons (Fsp3) is 0.438. The number of rotatable bonds is 3. The smallest absolute Gasteiger partial charge is 0.410 e. The second-order valence-electron chi connectivity index (χ2n) is 5.50. The molecule has 0 radical (unpaired) electrons. The third-order valence-electron chi connectivity index (χ3n) is 2.53. The van der Waals surface area contributed by atoms with Crippen molar-refractivity contribution in [2.45, 2.75) is 32.8 Å². The normalized spacial score (nSPS) is 10.7. The summed E-state index contributed by atoms with van der Waals surface area (Å²) < 4.78 is 5.29. The van der Waals surface area contributed by atoms with Crippen LogP contribution in [0.1, 0.15) is 31.9 Å². The highest BCUT2D eigenvalue weighted by Gasteiger charge is 2.19. The highest BCUT2D eigenvalue weighted by molar-refractivity contribution is 5.67. The molecule has 19 heavy (non-hydrogen) atoms. The number of carbonyl (C=O) groups is 1. The molecule has 1 aromatic carbocycles. The van der Waals surface area contributed by atoms with E-state index < -0.39 is 5.60 Å². The quantitative estimate of drug-likeness (QED) is 0.781. The van der Waals surface area contributed by atoms with Gasteiger partial charge in [0.1, 0.15) is 5.60 Å². The lowest BCUT2D eigenvalue weighted by Crippen LogP contribution is -2.35. The zero-order valence-corrected chi connectivity index (χ0v) is 12.1. The Balaban J connectivity index is 2.52. The minimum Gasteiger partial charge on any atom is -0.444 e. The van der Waals surface area contributed by atoms with Gasteiger partial charge in [-0.3, -0.25) is 0 Å². The molecular formula is C16H21NO2. The lowest BCUT2D eigenvalue weighted by molar-refractivity contribution is 0.0301. The minimum absolute atomic E-state index is 0.305. The number of nitrogens with zero attached hydrogens (tertiary/aromatic N) is 1. The highest BCUT2D eigenvalue weighted by atomic mass is 16.6. The molecular weight excluding hydrogens is 238 g/mol. The number of ether oxygens (including phenoxy) is 1. The van der Waals surface area contributed by atoms with Gasteiger partial charge in [0, 0.05) is 19.2 Å². The van der Waals surface area contributed by atoms with Gasteiger partial charge in [-0.05, 0) is 44.9 Å². The Morgan fingerprint density at radius 1 is 1.42 bits per heavy atom. The van der Waals surface area contributed by atoms with E-state index >= 15 is 0 Å². The molecule has 3 heteroatoms. The van der Waals surface area contributed by atoms with Gasteiger partial charge >= 0.3 is 6.09 Å². The molecule has 0 bridgehead atoms. The fourth-order valence-corrected chi connectivity index (χ4v) is 1.54. The number of likely N-dealkylation sites (N-methyl/N-ethyl adjacent to an activating group) is 1. The van der Waals surface area contributed by atoms with Crippen LogP contribution >= 0.6 is 0 Å². The molecule has 0 aliphatic carbocycles. The van der Waals surface area contributed by atoms with E-state index in [0.717, 1.165) is 17.5 Å². The predicted octanol–water partition coefficient (Wildman–Crippen LogP) is 3.08. The van der Waals surface area contributed by atoms with Gasteiger partial charge < -0.3 is 9.64 Å². The van der Waals surface area contributed by atoms with Gasteiger partial charge in [0.05, 0.1) is 0 Å². The summed E-state index contributed by atoms with van der Waals surface area (Å²) in [5.41, 5.74) is 1.51. The molecule has 0 heterocycles. The molecule has 0 unspecified atom stereocenters. The summed E-state index contributed by atoms with van der Waals surface area (Å²) in [6, 6.07) is 7.78. The van der Waals surface area contributed by atoms with Crippen LogP contribution < -0.4 is 0 Å². The second kappa shape index (κ2) is 6.29. The van der Waals surface area contributed by atoms with Gasteiger partial charge in [-0.2, -0.15) is 0 Å². The molecule has 0 spiro atoms. The van der Waals surface area contributed by atoms with Crippen molar-refractivity contribution in [3.8, 4) is 12.3 Å². The minimum atomic E-state index is -0.464. The van der Waals surface area contributed by atoms with Gasteiger partial charge in [-0.25, -0.2) is 4.79 Å². The van der Waals surface area contributed by atoms with Crippen molar-refractivity contribution in [1.29, 1.82) is 0 Å². The summed E-state index contributed by atoms with van der Waals surface area (Å²) >= 11 is 0. The number of benzene rings is 1. The molecule has 0 aromatic heterocycles. The van der Waals surface area contributed by atoms with Crippen molar-refractivity contribution in [2.75, 3.05) is 13.6 Å². The van der Waals surface area contributed by atoms with Crippen molar-refractivity contribution in [2.24, 2.45) is 0 Å². The maximum Gasteiger partial charge on any atom is 0.410 e. The van der Waals surface area contributed by atoms with E-state index in [1.54, 1.807) is 11.9 Å². The van der Waals surface area contributed by atoms with Crippen LogP contribution in [-0.2, 0) is 11.2 Å². The first-order valence-corrected chi connectivity index (χ1v) is 6.31. The van der Waals surface area contributed by atoms with Crippen LogP contribution in [0.4, 0.5) is 4.79 Å². The van der Waals surface area contributed by atoms with Crippen LogP contribution in [0.15, 0.2) is 24.3 Å². The largest absolute Gasteiger partial charge is 0.444 e. The van der Waals surface area contributed by atoms with Crippen molar-refractivity contribution in [3.63, 3.8) is 0 Å². The molecule has 0 saturated carbocycles. The van der Waals surface area contributed by atoms with Crippen LogP contribution in [0.25, 0.3) is 0 Å². The lowest BCUT2D eigenvalue weighted by atomic mass is 10.1. The van der Waals surface area contributed by atoms with E-state index in [4.69, 9.17) is 11.2 Å². The number of hydrogen-bond donors (Lipinski definition) is 0. The van der Waals surface area contributed by atoms with Crippen molar-refractivity contribution < 1.29 is 9.53 Å². The van der Waals surface area contributed by atoms with Gasteiger partial charge in [0.2, 0.25) is 0 Å². The number of terminal acetylenes is 1. The third-order valence-corrected chi connectivity index (χ3v) is 2.53. The molecule has 0 saturated heterocycles. The molecule has 1 amide bonds. The molecule has 1 aromatic rings. The third kappa shape index (κ3) is 5.48. The van der Waals surface area contributed by atoms with Crippen LogP contribution in [0.5, 0.6) is 0 Å². The van der Waals surface area contributed by atoms with E-state index in [9.17, 15) is 4.79 Å². The number of hydrogen-bond acceptors (Lipinski definition) is 2. The molecule has 0 aliphatic heterocycles. The summed E-state index contributed by atoms with van der Waals surface area (Å²) in [5.74, 6) is 2.60. The van der Waals surface area contributed by atoms with Gasteiger partial charge in [-0.15, -0.1) is 6.42 Å². The Hall–Kier alpha value is -1.95. The topological polar surface area (TPSA) is 29.5 Å². The monoisotopic (exact) mass is 259 g/mol. The van der Waals surface area contributed by atoms with E-state index in [0.29, 0.717) is 6.54 Å². The predicted molar refractivity (Wildman–Crippen MR) is 76.9 cm³/mol. The maximum atomic E-state index is 11.8. The van der Waals surface area contributed by atoms with Crippen molar-refractivity contribution in [1.82, 2.24) is 4.90 Å². The Morgan fingerprint density at radius 3 is 2.68 bits per heavy atom. The first-order chi connectivity index (χ1) is 8.81. The molecule has 0 N–H and O–H groups in total. The molecule has 3 nitrogen and oxygen atoms in total. The zero-order valence-electron chi connectivity index (χ0n) is 12.1. The van der Waals surface area contributed by atoms with Gasteiger partial charge in [-0.1, -0.05) is 18.1 Å². The Morgan fingerprint density at radius 2 is 2.11 bits per heavy atom. The van der Waals surface area contributed by atoms with Gasteiger partial charge in [0.25, 0.3) is 0 Å². The van der Waals surface area contributed by atoms with E-state index in [2.05, 4.69) is 5.92 Å². The van der Waals surface area contributed by atoms with Crippen molar-refractivity contribution in [3.05, 3.63) is 35.4 Å². The fourth-order valence-electron chi connectivity index (χ4n) is 1.54. The lowest BCUT2D eigenvalue weighted by Gasteiger charge is -2.24. The number of carbonyl (C=O) groups excluding carboxylic acids is 1. The van der Waals surface area contributed by atoms with E-state index in [1.165, 1.54) is 0 Å². The first kappa shape index (κ1) is 15.1. The van der Waals surface area contributed by atoms with Crippen LogP contribution in [0, 0.1) is 12.3 Å². The second-order valence-corrected chi connectivity index (χ2v) is 5.50. The Bertz CT molecular complexity index is 480. The molecule has 1 rings (SSSR count). The summed E-state index contributed by atoms with van der Waals surface area (Å²) in [7, 11) is 1.74. The molecule has 0 atom stereocenters. The van der Waals surface area contributed by atoms with E-state index in [-0.39, 0.29) is 6.09 Å². The standard InChI is InChI=1S/C16H21NO2/c1-6-13-8-7-9-14(12-13)10-11-17(5)15(18)19-16(2,3)4/h1,7-9,12H,10-11H2,2-5H3. The SMILES string of the molecule is C#Cc1cccc(CCN(C)C(=O)OC(C)(C)C)c1. The molecule has 102 valence electrons. The van der Waals surface area contributed by atoms with E-state index in [1.807, 2.05) is 45.0 Å². The molecule has 0 fully saturated rings. The summed E-state index contributed by atoms with van der Waals surface area (Å²) in [4.78, 5) is 13.4. The van der Waals surface area contributed by atoms with Crippen LogP contribution in [0.2, 0.25) is 0 Å². The van der Waals surface area contributed by atoms with Crippen LogP contribution in [-0.4, -0.2) is 30.2 Å². The summed E-state index contributed by atoms with van der Waals surface area (Å²) in [6.07, 6.45) is 5.81. The summed E-state index contributed by atoms with van der Waals surface area (Å²) in [5, 5.41) is 0. The average Bonchev–Trinajstić information content (AvgIpc) is 2.34. The first-order valence-electron chi connectivity index (χ1n) is 6.31. The molecule has 0 aliphatic rings. The zero-order chi connectivity index (χ0) is 14.5. The average molecular weight is 259 g/mol. The van der Waals surface area contributed by atoms with Crippen molar-refractivity contribution >= 4 is 6.09 Å². The number of amides is 1.